The van der Waals surface area contributed by atoms with E-state index >= 15 is 0 Å². The van der Waals surface area contributed by atoms with Gasteiger partial charge in [0.2, 0.25) is 11.7 Å². The minimum atomic E-state index is -3.59. The highest BCUT2D eigenvalue weighted by Crippen LogP contribution is 2.22. The van der Waals surface area contributed by atoms with E-state index in [0.29, 0.717) is 23.0 Å². The van der Waals surface area contributed by atoms with Crippen molar-refractivity contribution in [2.45, 2.75) is 6.54 Å². The molecule has 0 aliphatic heterocycles. The molecule has 11 heteroatoms. The normalized spacial score (nSPS) is 11.6. The second-order valence-electron chi connectivity index (χ2n) is 6.45. The predicted octanol–water partition coefficient (Wildman–Crippen LogP) is 2.31. The molecule has 29 heavy (non-hydrogen) atoms. The molecule has 1 aromatic carbocycles. The first-order valence-electron chi connectivity index (χ1n) is 8.58. The molecular formula is C18H21N5O4S2. The van der Waals surface area contributed by atoms with Gasteiger partial charge in [0.15, 0.2) is 0 Å². The SMILES string of the molecule is CN(Cc1nc(-c2cccs2)no1)C(=O)c1ccc(N(C)S(=O)(=O)N(C)C)cc1. The summed E-state index contributed by atoms with van der Waals surface area (Å²) in [6.45, 7) is 0.161. The molecule has 1 amide bonds. The largest absolute Gasteiger partial charge is 0.337 e. The van der Waals surface area contributed by atoms with E-state index in [-0.39, 0.29) is 12.5 Å². The van der Waals surface area contributed by atoms with Gasteiger partial charge in [0.25, 0.3) is 5.91 Å². The van der Waals surface area contributed by atoms with Crippen molar-refractivity contribution in [2.75, 3.05) is 32.5 Å². The predicted molar refractivity (Wildman–Crippen MR) is 111 cm³/mol. The lowest BCUT2D eigenvalue weighted by molar-refractivity contribution is 0.0769. The number of aromatic nitrogens is 2. The molecule has 9 nitrogen and oxygen atoms in total. The van der Waals surface area contributed by atoms with E-state index in [1.807, 2.05) is 17.5 Å². The number of thiophene rings is 1. The Hall–Kier alpha value is -2.76. The van der Waals surface area contributed by atoms with Gasteiger partial charge in [-0.3, -0.25) is 9.10 Å². The molecule has 0 bridgehead atoms. The van der Waals surface area contributed by atoms with Crippen molar-refractivity contribution in [3.63, 3.8) is 0 Å². The second kappa shape index (κ2) is 8.31. The zero-order valence-corrected chi connectivity index (χ0v) is 18.1. The van der Waals surface area contributed by atoms with Crippen molar-refractivity contribution in [1.29, 1.82) is 0 Å². The molecule has 0 N–H and O–H groups in total. The summed E-state index contributed by atoms with van der Waals surface area (Å²) >= 11 is 1.50. The summed E-state index contributed by atoms with van der Waals surface area (Å²) in [6.07, 6.45) is 0. The fourth-order valence-electron chi connectivity index (χ4n) is 2.51. The molecule has 0 aliphatic rings. The molecule has 3 rings (SSSR count). The minimum Gasteiger partial charge on any atom is -0.337 e. The Balaban J connectivity index is 1.68. The maximum absolute atomic E-state index is 12.7. The van der Waals surface area contributed by atoms with Crippen LogP contribution in [-0.4, -0.2) is 61.9 Å². The van der Waals surface area contributed by atoms with Crippen molar-refractivity contribution >= 4 is 33.1 Å². The second-order valence-corrected chi connectivity index (χ2v) is 9.58. The van der Waals surface area contributed by atoms with E-state index in [2.05, 4.69) is 10.1 Å². The van der Waals surface area contributed by atoms with E-state index in [0.717, 1.165) is 13.5 Å². The van der Waals surface area contributed by atoms with Gasteiger partial charge in [-0.05, 0) is 35.7 Å². The lowest BCUT2D eigenvalue weighted by Crippen LogP contribution is -2.37. The van der Waals surface area contributed by atoms with Gasteiger partial charge in [-0.25, -0.2) is 0 Å². The van der Waals surface area contributed by atoms with Gasteiger partial charge in [0, 0.05) is 33.8 Å². The maximum Gasteiger partial charge on any atom is 0.303 e. The molecule has 154 valence electrons. The van der Waals surface area contributed by atoms with E-state index in [4.69, 9.17) is 4.52 Å². The minimum absolute atomic E-state index is 0.161. The first-order valence-corrected chi connectivity index (χ1v) is 10.9. The van der Waals surface area contributed by atoms with Crippen LogP contribution < -0.4 is 4.31 Å². The molecule has 0 fully saturated rings. The van der Waals surface area contributed by atoms with Gasteiger partial charge in [0.1, 0.15) is 0 Å². The molecule has 0 saturated heterocycles. The van der Waals surface area contributed by atoms with E-state index < -0.39 is 10.2 Å². The van der Waals surface area contributed by atoms with Crippen molar-refractivity contribution in [3.8, 4) is 10.7 Å². The summed E-state index contributed by atoms with van der Waals surface area (Å²) in [7, 11) is 2.42. The van der Waals surface area contributed by atoms with Crippen LogP contribution in [-0.2, 0) is 16.8 Å². The van der Waals surface area contributed by atoms with Gasteiger partial charge >= 0.3 is 10.2 Å². The molecule has 0 saturated carbocycles. The Morgan fingerprint density at radius 3 is 2.38 bits per heavy atom. The third kappa shape index (κ3) is 4.47. The van der Waals surface area contributed by atoms with E-state index in [1.165, 1.54) is 37.4 Å². The first-order chi connectivity index (χ1) is 13.7. The third-order valence-electron chi connectivity index (χ3n) is 4.21. The number of carbonyl (C=O) groups is 1. The summed E-state index contributed by atoms with van der Waals surface area (Å²) in [5.74, 6) is 0.577. The number of hydrogen-bond donors (Lipinski definition) is 0. The fraction of sp³-hybridized carbons (Fsp3) is 0.278. The molecule has 0 radical (unpaired) electrons. The molecule has 2 heterocycles. The highest BCUT2D eigenvalue weighted by Gasteiger charge is 2.22. The van der Waals surface area contributed by atoms with Crippen LogP contribution in [0.25, 0.3) is 10.7 Å². The van der Waals surface area contributed by atoms with Gasteiger partial charge in [-0.15, -0.1) is 11.3 Å². The van der Waals surface area contributed by atoms with Crippen molar-refractivity contribution < 1.29 is 17.7 Å². The Bertz CT molecular complexity index is 1080. The quantitative estimate of drug-likeness (QED) is 0.565. The molecule has 0 spiro atoms. The zero-order chi connectivity index (χ0) is 21.2. The number of rotatable bonds is 7. The summed E-state index contributed by atoms with van der Waals surface area (Å²) in [5, 5.41) is 5.85. The number of amides is 1. The topological polar surface area (TPSA) is 99.9 Å². The Kier molecular flexibility index (Phi) is 6.01. The first kappa shape index (κ1) is 21.0. The number of hydrogen-bond acceptors (Lipinski definition) is 7. The molecule has 0 atom stereocenters. The number of anilines is 1. The number of nitrogens with zero attached hydrogens (tertiary/aromatic N) is 5. The van der Waals surface area contributed by atoms with E-state index in [1.54, 1.807) is 31.3 Å². The fourth-order valence-corrected chi connectivity index (χ4v) is 4.04. The van der Waals surface area contributed by atoms with Crippen molar-refractivity contribution in [1.82, 2.24) is 19.3 Å². The third-order valence-corrected chi connectivity index (χ3v) is 6.91. The average Bonchev–Trinajstić information content (AvgIpc) is 3.38. The van der Waals surface area contributed by atoms with Crippen LogP contribution in [0.15, 0.2) is 46.3 Å². The van der Waals surface area contributed by atoms with Crippen LogP contribution in [0.1, 0.15) is 16.2 Å². The zero-order valence-electron chi connectivity index (χ0n) is 16.4. The monoisotopic (exact) mass is 435 g/mol. The van der Waals surface area contributed by atoms with Crippen LogP contribution in [0.4, 0.5) is 5.69 Å². The summed E-state index contributed by atoms with van der Waals surface area (Å²) < 4.78 is 31.9. The lowest BCUT2D eigenvalue weighted by Gasteiger charge is -2.23. The van der Waals surface area contributed by atoms with Crippen molar-refractivity contribution in [2.24, 2.45) is 0 Å². The van der Waals surface area contributed by atoms with Gasteiger partial charge < -0.3 is 9.42 Å². The average molecular weight is 436 g/mol. The number of benzene rings is 1. The molecule has 3 aromatic rings. The Morgan fingerprint density at radius 2 is 1.79 bits per heavy atom. The lowest BCUT2D eigenvalue weighted by atomic mass is 10.2. The molecule has 0 unspecified atom stereocenters. The van der Waals surface area contributed by atoms with Crippen LogP contribution in [0, 0.1) is 0 Å². The van der Waals surface area contributed by atoms with Gasteiger partial charge in [-0.2, -0.15) is 17.7 Å². The standard InChI is InChI=1S/C18H21N5O4S2/c1-21(2)29(25,26)23(4)14-9-7-13(8-10-14)18(24)22(3)12-16-19-17(20-27-16)15-6-5-11-28-15/h5-11H,12H2,1-4H3. The highest BCUT2D eigenvalue weighted by atomic mass is 32.2. The summed E-state index contributed by atoms with van der Waals surface area (Å²) in [4.78, 5) is 19.3. The van der Waals surface area contributed by atoms with Crippen LogP contribution in [0.3, 0.4) is 0 Å². The molecular weight excluding hydrogens is 414 g/mol. The van der Waals surface area contributed by atoms with Gasteiger partial charge in [0.05, 0.1) is 17.1 Å². The highest BCUT2D eigenvalue weighted by molar-refractivity contribution is 7.90. The van der Waals surface area contributed by atoms with Crippen molar-refractivity contribution in [3.05, 3.63) is 53.2 Å². The summed E-state index contributed by atoms with van der Waals surface area (Å²) in [6, 6.07) is 10.1. The van der Waals surface area contributed by atoms with Gasteiger partial charge in [-0.1, -0.05) is 11.2 Å². The Labute approximate surface area is 173 Å². The summed E-state index contributed by atoms with van der Waals surface area (Å²) in [5.41, 5.74) is 0.875. The maximum atomic E-state index is 12.7. The van der Waals surface area contributed by atoms with Crippen LogP contribution in [0.2, 0.25) is 0 Å². The molecule has 2 aromatic heterocycles. The van der Waals surface area contributed by atoms with Crippen LogP contribution in [0.5, 0.6) is 0 Å². The smallest absolute Gasteiger partial charge is 0.303 e. The van der Waals surface area contributed by atoms with Crippen LogP contribution >= 0.6 is 11.3 Å². The van der Waals surface area contributed by atoms with E-state index in [9.17, 15) is 13.2 Å². The Morgan fingerprint density at radius 1 is 1.10 bits per heavy atom. The number of carbonyl (C=O) groups excluding carboxylic acids is 1. The molecule has 0 aliphatic carbocycles.